The van der Waals surface area contributed by atoms with Crippen LogP contribution in [0.5, 0.6) is 0 Å². The van der Waals surface area contributed by atoms with E-state index in [0.29, 0.717) is 0 Å². The van der Waals surface area contributed by atoms with Gasteiger partial charge in [0.15, 0.2) is 0 Å². The van der Waals surface area contributed by atoms with Gasteiger partial charge in [-0.05, 0) is 30.5 Å². The lowest BCUT2D eigenvalue weighted by molar-refractivity contribution is 1.18. The van der Waals surface area contributed by atoms with E-state index in [1.165, 1.54) is 16.7 Å². The first-order chi connectivity index (χ1) is 7.09. The molecule has 0 heterocycles. The van der Waals surface area contributed by atoms with Crippen LogP contribution in [0.3, 0.4) is 0 Å². The molecule has 0 amide bonds. The number of halogens is 1. The van der Waals surface area contributed by atoms with Crippen LogP contribution in [0.25, 0.3) is 0 Å². The summed E-state index contributed by atoms with van der Waals surface area (Å²) in [6.07, 6.45) is 2.42. The molecule has 16 heavy (non-hydrogen) atoms. The largest absolute Gasteiger partial charge is 0.369 e. The Balaban J connectivity index is 0.00000225. The normalized spacial score (nSPS) is 9.88. The van der Waals surface area contributed by atoms with Gasteiger partial charge in [-0.1, -0.05) is 18.2 Å². The predicted molar refractivity (Wildman–Crippen MR) is 71.2 cm³/mol. The molecule has 1 rings (SSSR count). The Bertz CT molecular complexity index is 395. The van der Waals surface area contributed by atoms with E-state index in [2.05, 4.69) is 42.2 Å². The maximum Gasteiger partial charge on any atom is 0.211 e. The zero-order chi connectivity index (χ0) is 11.3. The van der Waals surface area contributed by atoms with Gasteiger partial charge in [0.05, 0.1) is 0 Å². The Morgan fingerprint density at radius 3 is 2.50 bits per heavy atom. The molecule has 4 nitrogen and oxygen atoms in total. The van der Waals surface area contributed by atoms with Crippen LogP contribution in [0.1, 0.15) is 16.7 Å². The molecule has 1 aromatic carbocycles. The minimum atomic E-state index is -0.0219. The molecular weight excluding hydrogens is 224 g/mol. The summed E-state index contributed by atoms with van der Waals surface area (Å²) in [4.78, 5) is 0. The summed E-state index contributed by atoms with van der Waals surface area (Å²) in [5, 5.41) is 7.25. The van der Waals surface area contributed by atoms with Crippen molar-refractivity contribution in [2.75, 3.05) is 0 Å². The van der Waals surface area contributed by atoms with E-state index in [1.807, 2.05) is 0 Å². The van der Waals surface area contributed by atoms with Crippen molar-refractivity contribution in [3.63, 3.8) is 0 Å². The molecule has 1 aromatic rings. The summed E-state index contributed by atoms with van der Waals surface area (Å²) in [7, 11) is 0. The van der Waals surface area contributed by atoms with Crippen LogP contribution in [0.4, 0.5) is 0 Å². The topological polar surface area (TPSA) is 76.8 Å². The molecule has 0 atom stereocenters. The fourth-order valence-electron chi connectivity index (χ4n) is 1.18. The van der Waals surface area contributed by atoms with Crippen LogP contribution in [0.15, 0.2) is 28.4 Å². The number of hydrogen-bond acceptors (Lipinski definition) is 2. The Labute approximate surface area is 102 Å². The molecule has 0 fully saturated rings. The quantitative estimate of drug-likeness (QED) is 0.478. The Hall–Kier alpha value is -1.55. The van der Waals surface area contributed by atoms with Crippen molar-refractivity contribution in [1.29, 1.82) is 0 Å². The summed E-state index contributed by atoms with van der Waals surface area (Å²) in [6, 6.07) is 6.31. The van der Waals surface area contributed by atoms with Crippen molar-refractivity contribution in [1.82, 2.24) is 0 Å². The highest BCUT2D eigenvalue weighted by Gasteiger charge is 1.94. The van der Waals surface area contributed by atoms with Gasteiger partial charge < -0.3 is 11.5 Å². The average molecular weight is 241 g/mol. The van der Waals surface area contributed by atoms with Crippen molar-refractivity contribution in [2.45, 2.75) is 20.3 Å². The van der Waals surface area contributed by atoms with Gasteiger partial charge in [0.1, 0.15) is 0 Å². The highest BCUT2D eigenvalue weighted by molar-refractivity contribution is 5.85. The number of guanidine groups is 1. The lowest BCUT2D eigenvalue weighted by Crippen LogP contribution is -2.21. The summed E-state index contributed by atoms with van der Waals surface area (Å²) in [5.41, 5.74) is 14.0. The van der Waals surface area contributed by atoms with E-state index in [-0.39, 0.29) is 18.4 Å². The molecular formula is C11H17ClN4. The molecule has 88 valence electrons. The molecule has 5 heteroatoms. The maximum absolute atomic E-state index is 5.13. The number of rotatable bonds is 3. The molecule has 4 N–H and O–H groups in total. The molecule has 0 aliphatic heterocycles. The van der Waals surface area contributed by atoms with Crippen LogP contribution in [-0.2, 0) is 6.42 Å². The second kappa shape index (κ2) is 6.85. The number of nitrogens with zero attached hydrogens (tertiary/aromatic N) is 2. The molecule has 0 saturated heterocycles. The Kier molecular flexibility index (Phi) is 6.18. The summed E-state index contributed by atoms with van der Waals surface area (Å²) in [6.45, 7) is 4.18. The second-order valence-electron chi connectivity index (χ2n) is 3.45. The fraction of sp³-hybridized carbons (Fsp3) is 0.273. The Morgan fingerprint density at radius 1 is 1.25 bits per heavy atom. The van der Waals surface area contributed by atoms with E-state index in [0.717, 1.165) is 6.42 Å². The SMILES string of the molecule is Cc1ccc(CC=NN=C(N)N)cc1C.Cl. The molecule has 0 unspecified atom stereocenters. The van der Waals surface area contributed by atoms with Crippen molar-refractivity contribution in [3.8, 4) is 0 Å². The first-order valence-electron chi connectivity index (χ1n) is 4.76. The third kappa shape index (κ3) is 4.79. The number of hydrogen-bond donors (Lipinski definition) is 2. The number of nitrogens with two attached hydrogens (primary N) is 2. The minimum Gasteiger partial charge on any atom is -0.369 e. The van der Waals surface area contributed by atoms with Gasteiger partial charge in [0.25, 0.3) is 0 Å². The molecule has 0 bridgehead atoms. The first-order valence-corrected chi connectivity index (χ1v) is 4.76. The minimum absolute atomic E-state index is 0. The van der Waals surface area contributed by atoms with Gasteiger partial charge >= 0.3 is 0 Å². The summed E-state index contributed by atoms with van der Waals surface area (Å²) < 4.78 is 0. The lowest BCUT2D eigenvalue weighted by Gasteiger charge is -2.01. The van der Waals surface area contributed by atoms with E-state index in [9.17, 15) is 0 Å². The van der Waals surface area contributed by atoms with Crippen molar-refractivity contribution in [2.24, 2.45) is 21.7 Å². The Morgan fingerprint density at radius 2 is 1.94 bits per heavy atom. The third-order valence-corrected chi connectivity index (χ3v) is 2.15. The van der Waals surface area contributed by atoms with Gasteiger partial charge in [0.2, 0.25) is 5.96 Å². The van der Waals surface area contributed by atoms with E-state index < -0.39 is 0 Å². The molecule has 0 aromatic heterocycles. The van der Waals surface area contributed by atoms with Crippen LogP contribution in [-0.4, -0.2) is 12.2 Å². The van der Waals surface area contributed by atoms with Crippen LogP contribution < -0.4 is 11.5 Å². The summed E-state index contributed by atoms with van der Waals surface area (Å²) >= 11 is 0. The van der Waals surface area contributed by atoms with Crippen molar-refractivity contribution >= 4 is 24.6 Å². The lowest BCUT2D eigenvalue weighted by atomic mass is 10.1. The van der Waals surface area contributed by atoms with Gasteiger partial charge in [-0.3, -0.25) is 0 Å². The zero-order valence-electron chi connectivity index (χ0n) is 9.47. The van der Waals surface area contributed by atoms with Gasteiger partial charge in [-0.25, -0.2) is 0 Å². The summed E-state index contributed by atoms with van der Waals surface area (Å²) in [5.74, 6) is -0.0219. The van der Waals surface area contributed by atoms with E-state index in [4.69, 9.17) is 11.5 Å². The molecule has 0 aliphatic carbocycles. The highest BCUT2D eigenvalue weighted by atomic mass is 35.5. The maximum atomic E-state index is 5.13. The van der Waals surface area contributed by atoms with Crippen LogP contribution >= 0.6 is 12.4 Å². The predicted octanol–water partition coefficient (Wildman–Crippen LogP) is 1.53. The van der Waals surface area contributed by atoms with Crippen LogP contribution in [0.2, 0.25) is 0 Å². The monoisotopic (exact) mass is 240 g/mol. The fourth-order valence-corrected chi connectivity index (χ4v) is 1.18. The number of benzene rings is 1. The molecule has 0 saturated carbocycles. The average Bonchev–Trinajstić information content (AvgIpc) is 2.18. The van der Waals surface area contributed by atoms with E-state index >= 15 is 0 Å². The zero-order valence-corrected chi connectivity index (χ0v) is 10.3. The molecule has 0 aliphatic rings. The van der Waals surface area contributed by atoms with E-state index in [1.54, 1.807) is 6.21 Å². The smallest absolute Gasteiger partial charge is 0.211 e. The van der Waals surface area contributed by atoms with Gasteiger partial charge in [0, 0.05) is 12.6 Å². The van der Waals surface area contributed by atoms with Gasteiger partial charge in [-0.2, -0.15) is 5.10 Å². The van der Waals surface area contributed by atoms with Crippen molar-refractivity contribution < 1.29 is 0 Å². The number of aryl methyl sites for hydroxylation is 2. The third-order valence-electron chi connectivity index (χ3n) is 2.15. The first kappa shape index (κ1) is 14.5. The van der Waals surface area contributed by atoms with Crippen LogP contribution in [0, 0.1) is 13.8 Å². The van der Waals surface area contributed by atoms with Crippen molar-refractivity contribution in [3.05, 3.63) is 34.9 Å². The standard InChI is InChI=1S/C11H16N4.ClH/c1-8-3-4-10(7-9(8)2)5-6-14-15-11(12)13;/h3-4,6-7H,5H2,1-2H3,(H4,12,13,15);1H. The second-order valence-corrected chi connectivity index (χ2v) is 3.45. The van der Waals surface area contributed by atoms with Gasteiger partial charge in [-0.15, -0.1) is 17.5 Å². The molecule has 0 radical (unpaired) electrons. The molecule has 0 spiro atoms. The highest BCUT2D eigenvalue weighted by Crippen LogP contribution is 2.09.